The van der Waals surface area contributed by atoms with E-state index in [-0.39, 0.29) is 29.7 Å². The Bertz CT molecular complexity index is 1520. The summed E-state index contributed by atoms with van der Waals surface area (Å²) < 4.78 is 16.5. The van der Waals surface area contributed by atoms with Gasteiger partial charge in [0, 0.05) is 23.5 Å². The number of Topliss-reactive ketones (excluding diaryl/α,β-unsaturated/α-hetero) is 2. The number of benzene rings is 2. The molecule has 204 valence electrons. The van der Waals surface area contributed by atoms with Crippen molar-refractivity contribution in [1.29, 1.82) is 0 Å². The number of phenols is 1. The highest BCUT2D eigenvalue weighted by Gasteiger charge is 2.60. The van der Waals surface area contributed by atoms with Gasteiger partial charge in [0.1, 0.15) is 22.8 Å². The second-order valence-electron chi connectivity index (χ2n) is 9.77. The first kappa shape index (κ1) is 26.1. The number of aliphatic hydroxyl groups is 3. The van der Waals surface area contributed by atoms with Crippen LogP contribution in [0.4, 0.5) is 0 Å². The highest BCUT2D eigenvalue weighted by atomic mass is 16.5. The van der Waals surface area contributed by atoms with Gasteiger partial charge < -0.3 is 40.4 Å². The van der Waals surface area contributed by atoms with Crippen molar-refractivity contribution in [3.05, 3.63) is 52.3 Å². The standard InChI is InChI=1S/C28H27NO10/c1-37-18-7-5-14(23(38-2)24(18)39-3)13-4-6-16(30)20-15(13)9-11-8-12-10-17(31)21(27(29)35)26(34)28(12,36)25(33)19(11)22(20)32/h4-7,11-12,30,32,34,36H,8-10H2,1-3H3,(H2,29,35)/t11-,12+,28+/m1/s1. The van der Waals surface area contributed by atoms with Gasteiger partial charge in [0.25, 0.3) is 5.91 Å². The SMILES string of the molecule is COc1ccc(-c2ccc(O)c3c2C[C@H]2C[C@H]4CC(=O)C(C(N)=O)=C(O)[C@@]4(O)C(=O)C2=C3O)c(OC)c1OC. The fourth-order valence-corrected chi connectivity index (χ4v) is 6.19. The van der Waals surface area contributed by atoms with Crippen molar-refractivity contribution < 1.29 is 49.0 Å². The maximum absolute atomic E-state index is 13.7. The third-order valence-electron chi connectivity index (χ3n) is 7.94. The van der Waals surface area contributed by atoms with Crippen molar-refractivity contribution >= 4 is 23.2 Å². The molecule has 0 radical (unpaired) electrons. The minimum Gasteiger partial charge on any atom is -0.508 e. The van der Waals surface area contributed by atoms with Gasteiger partial charge in [0.2, 0.25) is 11.5 Å². The number of phenolic OH excluding ortho intramolecular Hbond substituents is 1. The number of hydrogen-bond donors (Lipinski definition) is 5. The van der Waals surface area contributed by atoms with Crippen molar-refractivity contribution in [2.75, 3.05) is 21.3 Å². The highest BCUT2D eigenvalue weighted by Crippen LogP contribution is 2.54. The van der Waals surface area contributed by atoms with E-state index in [4.69, 9.17) is 19.9 Å². The molecule has 6 N–H and O–H groups in total. The van der Waals surface area contributed by atoms with Crippen LogP contribution in [-0.4, -0.2) is 64.8 Å². The number of aliphatic hydroxyl groups excluding tert-OH is 2. The number of ketones is 2. The normalized spacial score (nSPS) is 24.1. The third kappa shape index (κ3) is 3.49. The molecule has 39 heavy (non-hydrogen) atoms. The second-order valence-corrected chi connectivity index (χ2v) is 9.77. The number of carbonyl (C=O) groups excluding carboxylic acids is 3. The highest BCUT2D eigenvalue weighted by molar-refractivity contribution is 6.22. The van der Waals surface area contributed by atoms with E-state index < -0.39 is 58.4 Å². The van der Waals surface area contributed by atoms with Gasteiger partial charge in [-0.15, -0.1) is 0 Å². The molecule has 11 heteroatoms. The average molecular weight is 538 g/mol. The van der Waals surface area contributed by atoms with E-state index >= 15 is 0 Å². The van der Waals surface area contributed by atoms with Crippen molar-refractivity contribution in [3.8, 4) is 34.1 Å². The minimum absolute atomic E-state index is 0.0172. The average Bonchev–Trinajstić information content (AvgIpc) is 2.89. The Morgan fingerprint density at radius 1 is 0.949 bits per heavy atom. The molecule has 5 rings (SSSR count). The van der Waals surface area contributed by atoms with Crippen LogP contribution in [0.1, 0.15) is 24.0 Å². The molecule has 11 nitrogen and oxygen atoms in total. The maximum atomic E-state index is 13.7. The molecule has 3 aliphatic carbocycles. The quantitative estimate of drug-likeness (QED) is 0.354. The van der Waals surface area contributed by atoms with Crippen LogP contribution in [0.15, 0.2) is 41.2 Å². The van der Waals surface area contributed by atoms with Crippen LogP contribution in [-0.2, 0) is 20.8 Å². The van der Waals surface area contributed by atoms with Gasteiger partial charge in [-0.3, -0.25) is 14.4 Å². The zero-order valence-corrected chi connectivity index (χ0v) is 21.4. The lowest BCUT2D eigenvalue weighted by Gasteiger charge is -2.46. The number of amides is 1. The summed E-state index contributed by atoms with van der Waals surface area (Å²) in [7, 11) is 4.41. The minimum atomic E-state index is -2.62. The van der Waals surface area contributed by atoms with E-state index in [0.717, 1.165) is 0 Å². The summed E-state index contributed by atoms with van der Waals surface area (Å²) in [5, 5.41) is 44.2. The second kappa shape index (κ2) is 9.05. The zero-order chi connectivity index (χ0) is 28.4. The molecule has 2 aromatic rings. The van der Waals surface area contributed by atoms with E-state index in [1.54, 1.807) is 18.2 Å². The van der Waals surface area contributed by atoms with Crippen LogP contribution < -0.4 is 19.9 Å². The zero-order valence-electron chi connectivity index (χ0n) is 21.4. The Labute approximate surface area is 222 Å². The van der Waals surface area contributed by atoms with Gasteiger partial charge >= 0.3 is 0 Å². The number of aromatic hydroxyl groups is 1. The van der Waals surface area contributed by atoms with Gasteiger partial charge in [-0.1, -0.05) is 6.07 Å². The first-order chi connectivity index (χ1) is 18.5. The van der Waals surface area contributed by atoms with Crippen LogP contribution in [0, 0.1) is 11.8 Å². The number of rotatable bonds is 5. The van der Waals surface area contributed by atoms with Crippen LogP contribution >= 0.6 is 0 Å². The number of primary amides is 1. The maximum Gasteiger partial charge on any atom is 0.255 e. The molecular weight excluding hydrogens is 510 g/mol. The molecule has 0 saturated heterocycles. The first-order valence-corrected chi connectivity index (χ1v) is 12.1. The molecule has 3 aliphatic rings. The number of hydrogen-bond acceptors (Lipinski definition) is 10. The molecule has 0 unspecified atom stereocenters. The van der Waals surface area contributed by atoms with E-state index in [1.807, 2.05) is 0 Å². The van der Waals surface area contributed by atoms with Crippen LogP contribution in [0.5, 0.6) is 23.0 Å². The topological polar surface area (TPSA) is 186 Å². The molecule has 1 amide bonds. The van der Waals surface area contributed by atoms with Crippen molar-refractivity contribution in [1.82, 2.24) is 0 Å². The predicted molar refractivity (Wildman–Crippen MR) is 136 cm³/mol. The summed E-state index contributed by atoms with van der Waals surface area (Å²) in [6.45, 7) is 0. The summed E-state index contributed by atoms with van der Waals surface area (Å²) >= 11 is 0. The summed E-state index contributed by atoms with van der Waals surface area (Å²) in [4.78, 5) is 38.1. The Morgan fingerprint density at radius 3 is 2.23 bits per heavy atom. The largest absolute Gasteiger partial charge is 0.508 e. The molecule has 1 saturated carbocycles. The fourth-order valence-electron chi connectivity index (χ4n) is 6.19. The van der Waals surface area contributed by atoms with Crippen LogP contribution in [0.2, 0.25) is 0 Å². The van der Waals surface area contributed by atoms with E-state index in [9.17, 15) is 34.8 Å². The number of nitrogens with two attached hydrogens (primary N) is 1. The van der Waals surface area contributed by atoms with Gasteiger partial charge in [-0.05, 0) is 48.1 Å². The van der Waals surface area contributed by atoms with E-state index in [2.05, 4.69) is 0 Å². The number of fused-ring (bicyclic) bond motifs is 3. The van der Waals surface area contributed by atoms with Crippen LogP contribution in [0.3, 0.4) is 0 Å². The lowest BCUT2D eigenvalue weighted by atomic mass is 9.59. The molecule has 0 aromatic heterocycles. The molecule has 0 spiro atoms. The molecule has 0 aliphatic heterocycles. The molecule has 3 atom stereocenters. The lowest BCUT2D eigenvalue weighted by molar-refractivity contribution is -0.147. The van der Waals surface area contributed by atoms with E-state index in [0.29, 0.717) is 33.9 Å². The monoisotopic (exact) mass is 537 g/mol. The Balaban J connectivity index is 1.72. The summed E-state index contributed by atoms with van der Waals surface area (Å²) in [6.07, 6.45) is -0.213. The Morgan fingerprint density at radius 2 is 1.62 bits per heavy atom. The van der Waals surface area contributed by atoms with Gasteiger partial charge in [-0.25, -0.2) is 0 Å². The van der Waals surface area contributed by atoms with Crippen molar-refractivity contribution in [2.24, 2.45) is 17.6 Å². The number of methoxy groups -OCH3 is 3. The molecule has 2 aromatic carbocycles. The lowest BCUT2D eigenvalue weighted by Crippen LogP contribution is -2.58. The van der Waals surface area contributed by atoms with Gasteiger partial charge in [0.15, 0.2) is 22.9 Å². The first-order valence-electron chi connectivity index (χ1n) is 12.1. The number of ether oxygens (including phenoxy) is 3. The van der Waals surface area contributed by atoms with Gasteiger partial charge in [-0.2, -0.15) is 0 Å². The van der Waals surface area contributed by atoms with Crippen molar-refractivity contribution in [2.45, 2.75) is 24.9 Å². The third-order valence-corrected chi connectivity index (χ3v) is 7.94. The van der Waals surface area contributed by atoms with Crippen LogP contribution in [0.25, 0.3) is 16.9 Å². The Kier molecular flexibility index (Phi) is 6.06. The van der Waals surface area contributed by atoms with E-state index in [1.165, 1.54) is 27.4 Å². The predicted octanol–water partition coefficient (Wildman–Crippen LogP) is 2.12. The fraction of sp³-hybridized carbons (Fsp3) is 0.321. The molecule has 0 heterocycles. The summed E-state index contributed by atoms with van der Waals surface area (Å²) in [6, 6.07) is 6.42. The van der Waals surface area contributed by atoms with Gasteiger partial charge in [0.05, 0.1) is 26.9 Å². The molecule has 1 fully saturated rings. The molecule has 0 bridgehead atoms. The summed E-state index contributed by atoms with van der Waals surface area (Å²) in [5.74, 6) is -5.70. The van der Waals surface area contributed by atoms with Crippen molar-refractivity contribution in [3.63, 3.8) is 0 Å². The number of carbonyl (C=O) groups is 3. The molecular formula is C28H27NO10. The summed E-state index contributed by atoms with van der Waals surface area (Å²) in [5.41, 5.74) is 3.21. The smallest absolute Gasteiger partial charge is 0.255 e. The Hall–Kier alpha value is -4.51.